The Morgan fingerprint density at radius 2 is 2.24 bits per heavy atom. The average molecular weight is 256 g/mol. The number of furan rings is 1. The van der Waals surface area contributed by atoms with Crippen LogP contribution in [0, 0.1) is 0 Å². The molecule has 1 fully saturated rings. The molecule has 0 bridgehead atoms. The van der Waals surface area contributed by atoms with Gasteiger partial charge in [-0.3, -0.25) is 0 Å². The zero-order valence-electron chi connectivity index (χ0n) is 9.50. The fraction of sp³-hybridized carbons (Fsp3) is 0.455. The van der Waals surface area contributed by atoms with Gasteiger partial charge in [-0.25, -0.2) is 8.42 Å². The molecule has 0 aliphatic heterocycles. The second kappa shape index (κ2) is 4.64. The van der Waals surface area contributed by atoms with Crippen LogP contribution in [0.3, 0.4) is 0 Å². The molecule has 0 radical (unpaired) electrons. The molecule has 1 aliphatic carbocycles. The van der Waals surface area contributed by atoms with Crippen LogP contribution in [0.5, 0.6) is 0 Å². The van der Waals surface area contributed by atoms with Gasteiger partial charge < -0.3 is 10.2 Å². The molecule has 17 heavy (non-hydrogen) atoms. The first kappa shape index (κ1) is 12.3. The van der Waals surface area contributed by atoms with Crippen molar-refractivity contribution in [2.24, 2.45) is 5.73 Å². The third-order valence-corrected chi connectivity index (χ3v) is 4.46. The molecule has 0 unspecified atom stereocenters. The van der Waals surface area contributed by atoms with E-state index in [-0.39, 0.29) is 17.7 Å². The maximum atomic E-state index is 12.3. The van der Waals surface area contributed by atoms with E-state index >= 15 is 0 Å². The second-order valence-corrected chi connectivity index (χ2v) is 5.84. The summed E-state index contributed by atoms with van der Waals surface area (Å²) in [6.07, 6.45) is 3.39. The molecule has 1 aromatic heterocycles. The Morgan fingerprint density at radius 1 is 1.53 bits per heavy atom. The van der Waals surface area contributed by atoms with Crippen molar-refractivity contribution in [1.29, 1.82) is 0 Å². The van der Waals surface area contributed by atoms with Crippen molar-refractivity contribution < 1.29 is 12.8 Å². The first-order chi connectivity index (χ1) is 8.09. The minimum absolute atomic E-state index is 0.0355. The first-order valence-corrected chi connectivity index (χ1v) is 6.95. The quantitative estimate of drug-likeness (QED) is 0.773. The standard InChI is InChI=1S/C11H16N2O3S/c1-2-7-13(9-3-4-9)17(14,15)11-6-5-10(8-12)16-11/h2,5-6,9H,1,3-4,7-8,12H2. The molecule has 2 rings (SSSR count). The van der Waals surface area contributed by atoms with Gasteiger partial charge in [-0.15, -0.1) is 6.58 Å². The lowest BCUT2D eigenvalue weighted by atomic mass is 10.5. The molecule has 0 amide bonds. The van der Waals surface area contributed by atoms with Crippen LogP contribution in [-0.4, -0.2) is 25.3 Å². The summed E-state index contributed by atoms with van der Waals surface area (Å²) in [7, 11) is -3.55. The van der Waals surface area contributed by atoms with Crippen molar-refractivity contribution in [1.82, 2.24) is 4.31 Å². The Labute approximate surface area is 101 Å². The van der Waals surface area contributed by atoms with Crippen molar-refractivity contribution in [3.8, 4) is 0 Å². The van der Waals surface area contributed by atoms with Crippen LogP contribution >= 0.6 is 0 Å². The summed E-state index contributed by atoms with van der Waals surface area (Å²) in [5.74, 6) is 0.470. The predicted molar refractivity (Wildman–Crippen MR) is 63.7 cm³/mol. The highest BCUT2D eigenvalue weighted by molar-refractivity contribution is 7.89. The Morgan fingerprint density at radius 3 is 2.71 bits per heavy atom. The van der Waals surface area contributed by atoms with Crippen molar-refractivity contribution in [3.63, 3.8) is 0 Å². The number of rotatable bonds is 6. The van der Waals surface area contributed by atoms with Gasteiger partial charge in [0.1, 0.15) is 5.76 Å². The average Bonchev–Trinajstić information content (AvgIpc) is 3.01. The topological polar surface area (TPSA) is 76.5 Å². The van der Waals surface area contributed by atoms with Crippen LogP contribution in [-0.2, 0) is 16.6 Å². The van der Waals surface area contributed by atoms with Gasteiger partial charge in [0.15, 0.2) is 0 Å². The van der Waals surface area contributed by atoms with Crippen LogP contribution in [0.2, 0.25) is 0 Å². The van der Waals surface area contributed by atoms with E-state index in [1.165, 1.54) is 10.4 Å². The molecule has 0 saturated heterocycles. The van der Waals surface area contributed by atoms with E-state index in [0.717, 1.165) is 12.8 Å². The summed E-state index contributed by atoms with van der Waals surface area (Å²) in [4.78, 5) is 0. The van der Waals surface area contributed by atoms with Crippen LogP contribution in [0.15, 0.2) is 34.3 Å². The Kier molecular flexibility index (Phi) is 3.37. The summed E-state index contributed by atoms with van der Waals surface area (Å²) < 4.78 is 31.2. The summed E-state index contributed by atoms with van der Waals surface area (Å²) in [5.41, 5.74) is 5.40. The monoisotopic (exact) mass is 256 g/mol. The molecule has 0 aromatic carbocycles. The first-order valence-electron chi connectivity index (χ1n) is 5.51. The number of nitrogens with two attached hydrogens (primary N) is 1. The smallest absolute Gasteiger partial charge is 0.276 e. The van der Waals surface area contributed by atoms with Crippen molar-refractivity contribution in [2.45, 2.75) is 30.5 Å². The van der Waals surface area contributed by atoms with Gasteiger partial charge in [0, 0.05) is 12.6 Å². The number of sulfonamides is 1. The van der Waals surface area contributed by atoms with E-state index in [2.05, 4.69) is 6.58 Å². The van der Waals surface area contributed by atoms with Crippen molar-refractivity contribution >= 4 is 10.0 Å². The largest absolute Gasteiger partial charge is 0.447 e. The zero-order chi connectivity index (χ0) is 12.5. The SMILES string of the molecule is C=CCN(C1CC1)S(=O)(=O)c1ccc(CN)o1. The lowest BCUT2D eigenvalue weighted by molar-refractivity contribution is 0.377. The van der Waals surface area contributed by atoms with Gasteiger partial charge in [-0.2, -0.15) is 4.31 Å². The van der Waals surface area contributed by atoms with E-state index in [0.29, 0.717) is 12.3 Å². The van der Waals surface area contributed by atoms with Crippen LogP contribution in [0.4, 0.5) is 0 Å². The highest BCUT2D eigenvalue weighted by Crippen LogP contribution is 2.32. The molecule has 5 nitrogen and oxygen atoms in total. The van der Waals surface area contributed by atoms with E-state index in [4.69, 9.17) is 10.2 Å². The van der Waals surface area contributed by atoms with Crippen LogP contribution in [0.1, 0.15) is 18.6 Å². The Balaban J connectivity index is 2.29. The summed E-state index contributed by atoms with van der Waals surface area (Å²) in [6, 6.07) is 3.13. The number of nitrogens with zero attached hydrogens (tertiary/aromatic N) is 1. The fourth-order valence-corrected chi connectivity index (χ4v) is 3.24. The molecular weight excluding hydrogens is 240 g/mol. The molecule has 1 saturated carbocycles. The Hall–Kier alpha value is -1.11. The molecular formula is C11H16N2O3S. The molecule has 6 heteroatoms. The van der Waals surface area contributed by atoms with Gasteiger partial charge in [0.05, 0.1) is 6.54 Å². The van der Waals surface area contributed by atoms with E-state index < -0.39 is 10.0 Å². The molecule has 0 spiro atoms. The van der Waals surface area contributed by atoms with Gasteiger partial charge >= 0.3 is 0 Å². The molecule has 0 atom stereocenters. The summed E-state index contributed by atoms with van der Waals surface area (Å²) >= 11 is 0. The lowest BCUT2D eigenvalue weighted by Crippen LogP contribution is -2.33. The van der Waals surface area contributed by atoms with Gasteiger partial charge in [-0.1, -0.05) is 6.08 Å². The second-order valence-electron chi connectivity index (χ2n) is 4.02. The molecule has 1 aromatic rings. The maximum Gasteiger partial charge on any atom is 0.276 e. The van der Waals surface area contributed by atoms with Gasteiger partial charge in [0.25, 0.3) is 10.0 Å². The minimum atomic E-state index is -3.55. The maximum absolute atomic E-state index is 12.3. The molecule has 1 heterocycles. The normalized spacial score (nSPS) is 16.4. The van der Waals surface area contributed by atoms with Gasteiger partial charge in [0.2, 0.25) is 5.09 Å². The highest BCUT2D eigenvalue weighted by atomic mass is 32.2. The lowest BCUT2D eigenvalue weighted by Gasteiger charge is -2.18. The third kappa shape index (κ3) is 2.43. The van der Waals surface area contributed by atoms with Crippen molar-refractivity contribution in [3.05, 3.63) is 30.5 Å². The van der Waals surface area contributed by atoms with Crippen molar-refractivity contribution in [2.75, 3.05) is 6.54 Å². The van der Waals surface area contributed by atoms with E-state index in [1.807, 2.05) is 0 Å². The van der Waals surface area contributed by atoms with E-state index in [1.54, 1.807) is 12.1 Å². The van der Waals surface area contributed by atoms with Gasteiger partial charge in [-0.05, 0) is 25.0 Å². The Bertz CT molecular complexity index is 503. The molecule has 94 valence electrons. The third-order valence-electron chi connectivity index (χ3n) is 2.66. The zero-order valence-corrected chi connectivity index (χ0v) is 10.3. The van der Waals surface area contributed by atoms with Crippen LogP contribution < -0.4 is 5.73 Å². The predicted octanol–water partition coefficient (Wildman–Crippen LogP) is 1.08. The van der Waals surface area contributed by atoms with Crippen LogP contribution in [0.25, 0.3) is 0 Å². The number of hydrogen-bond acceptors (Lipinski definition) is 4. The number of hydrogen-bond donors (Lipinski definition) is 1. The fourth-order valence-electron chi connectivity index (χ4n) is 1.66. The minimum Gasteiger partial charge on any atom is -0.447 e. The van der Waals surface area contributed by atoms with E-state index in [9.17, 15) is 8.42 Å². The highest BCUT2D eigenvalue weighted by Gasteiger charge is 2.38. The summed E-state index contributed by atoms with van der Waals surface area (Å²) in [6.45, 7) is 4.09. The molecule has 2 N–H and O–H groups in total. The molecule has 1 aliphatic rings. The summed E-state index contributed by atoms with van der Waals surface area (Å²) in [5, 5.41) is -0.0355.